The predicted octanol–water partition coefficient (Wildman–Crippen LogP) is 3.27. The Balaban J connectivity index is 2.06. The van der Waals surface area contributed by atoms with Crippen LogP contribution in [0.25, 0.3) is 0 Å². The van der Waals surface area contributed by atoms with Crippen LogP contribution in [0.4, 0.5) is 0 Å². The smallest absolute Gasteiger partial charge is 0.358 e. The van der Waals surface area contributed by atoms with Gasteiger partial charge in [0.05, 0.1) is 17.3 Å². The van der Waals surface area contributed by atoms with E-state index in [0.717, 1.165) is 18.5 Å². The third-order valence-corrected chi connectivity index (χ3v) is 5.84. The third kappa shape index (κ3) is 5.42. The molecule has 0 spiro atoms. The van der Waals surface area contributed by atoms with Gasteiger partial charge in [0, 0.05) is 12.2 Å². The summed E-state index contributed by atoms with van der Waals surface area (Å²) in [6, 6.07) is 10.2. The van der Waals surface area contributed by atoms with Crippen molar-refractivity contribution in [1.82, 2.24) is 9.78 Å². The summed E-state index contributed by atoms with van der Waals surface area (Å²) in [5.41, 5.74) is 1.15. The molecule has 0 saturated carbocycles. The van der Waals surface area contributed by atoms with Crippen LogP contribution >= 0.6 is 0 Å². The molecule has 0 fully saturated rings. The molecular weight excluding hydrogens is 352 g/mol. The summed E-state index contributed by atoms with van der Waals surface area (Å²) < 4.78 is 31.6. The van der Waals surface area contributed by atoms with E-state index in [1.54, 1.807) is 48.0 Å². The van der Waals surface area contributed by atoms with Crippen molar-refractivity contribution in [1.29, 1.82) is 0 Å². The number of esters is 1. The average Bonchev–Trinajstić information content (AvgIpc) is 3.04. The maximum atomic E-state index is 12.4. The zero-order valence-electron chi connectivity index (χ0n) is 15.3. The molecule has 0 amide bonds. The molecule has 0 radical (unpaired) electrons. The van der Waals surface area contributed by atoms with Crippen LogP contribution in [-0.4, -0.2) is 36.5 Å². The molecule has 2 rings (SSSR count). The summed E-state index contributed by atoms with van der Waals surface area (Å²) in [6.07, 6.45) is 2.97. The van der Waals surface area contributed by atoms with Gasteiger partial charge in [0.25, 0.3) is 0 Å². The van der Waals surface area contributed by atoms with Crippen LogP contribution in [-0.2, 0) is 27.5 Å². The van der Waals surface area contributed by atoms with Gasteiger partial charge in [-0.3, -0.25) is 4.68 Å². The van der Waals surface area contributed by atoms with E-state index in [1.165, 1.54) is 0 Å². The topological polar surface area (TPSA) is 78.3 Å². The lowest BCUT2D eigenvalue weighted by Crippen LogP contribution is -2.10. The number of hydrogen-bond acceptors (Lipinski definition) is 5. The molecule has 0 saturated heterocycles. The van der Waals surface area contributed by atoms with Crippen LogP contribution in [0.3, 0.4) is 0 Å². The molecule has 2 aromatic rings. The lowest BCUT2D eigenvalue weighted by atomic mass is 10.2. The Morgan fingerprint density at radius 3 is 2.54 bits per heavy atom. The molecule has 1 aromatic carbocycles. The number of nitrogens with zero attached hydrogens (tertiary/aromatic N) is 2. The zero-order valence-corrected chi connectivity index (χ0v) is 16.2. The minimum absolute atomic E-state index is 0.0602. The van der Waals surface area contributed by atoms with Crippen LogP contribution in [0.15, 0.2) is 41.3 Å². The van der Waals surface area contributed by atoms with Crippen molar-refractivity contribution in [3.63, 3.8) is 0 Å². The maximum absolute atomic E-state index is 12.4. The van der Waals surface area contributed by atoms with E-state index >= 15 is 0 Å². The molecule has 26 heavy (non-hydrogen) atoms. The van der Waals surface area contributed by atoms with Gasteiger partial charge < -0.3 is 4.74 Å². The Morgan fingerprint density at radius 1 is 1.15 bits per heavy atom. The van der Waals surface area contributed by atoms with E-state index < -0.39 is 15.8 Å². The van der Waals surface area contributed by atoms with Gasteiger partial charge in [-0.15, -0.1) is 0 Å². The third-order valence-electron chi connectivity index (χ3n) is 4.02. The largest absolute Gasteiger partial charge is 0.461 e. The summed E-state index contributed by atoms with van der Waals surface area (Å²) in [4.78, 5) is 12.2. The van der Waals surface area contributed by atoms with E-state index in [-0.39, 0.29) is 11.4 Å². The van der Waals surface area contributed by atoms with Crippen molar-refractivity contribution >= 4 is 15.8 Å². The van der Waals surface area contributed by atoms with Crippen LogP contribution < -0.4 is 0 Å². The number of rotatable bonds is 10. The second-order valence-corrected chi connectivity index (χ2v) is 8.16. The Morgan fingerprint density at radius 2 is 1.88 bits per heavy atom. The predicted molar refractivity (Wildman–Crippen MR) is 99.9 cm³/mol. The summed E-state index contributed by atoms with van der Waals surface area (Å²) in [5.74, 6) is -0.383. The molecule has 7 heteroatoms. The SMILES string of the molecule is CCCCn1nc(C(=O)OCC)cc1CCCS(=O)(=O)c1ccccc1. The zero-order chi connectivity index (χ0) is 19.0. The normalized spacial score (nSPS) is 11.5. The number of ether oxygens (including phenoxy) is 1. The van der Waals surface area contributed by atoms with E-state index in [0.29, 0.717) is 30.9 Å². The van der Waals surface area contributed by atoms with Crippen molar-refractivity contribution in [2.24, 2.45) is 0 Å². The minimum atomic E-state index is -3.30. The molecular formula is C19H26N2O4S. The van der Waals surface area contributed by atoms with E-state index in [2.05, 4.69) is 12.0 Å². The highest BCUT2D eigenvalue weighted by atomic mass is 32.2. The van der Waals surface area contributed by atoms with E-state index in [4.69, 9.17) is 4.74 Å². The first-order valence-corrected chi connectivity index (χ1v) is 10.6. The van der Waals surface area contributed by atoms with Gasteiger partial charge in [0.2, 0.25) is 0 Å². The van der Waals surface area contributed by atoms with Crippen LogP contribution in [0.5, 0.6) is 0 Å². The van der Waals surface area contributed by atoms with E-state index in [9.17, 15) is 13.2 Å². The summed E-state index contributed by atoms with van der Waals surface area (Å²) >= 11 is 0. The second kappa shape index (κ2) is 9.52. The molecule has 1 aromatic heterocycles. The Hall–Kier alpha value is -2.15. The van der Waals surface area contributed by atoms with Crippen molar-refractivity contribution in [2.75, 3.05) is 12.4 Å². The Kier molecular flexibility index (Phi) is 7.38. The van der Waals surface area contributed by atoms with Gasteiger partial charge in [0.1, 0.15) is 0 Å². The average molecular weight is 378 g/mol. The molecule has 0 aliphatic rings. The summed E-state index contributed by atoms with van der Waals surface area (Å²) in [6.45, 7) is 4.84. The first kappa shape index (κ1) is 20.2. The van der Waals surface area contributed by atoms with Gasteiger partial charge in [-0.2, -0.15) is 5.10 Å². The fraction of sp³-hybridized carbons (Fsp3) is 0.474. The standard InChI is InChI=1S/C19H26N2O4S/c1-3-5-13-21-16(15-18(20-21)19(22)25-4-2)10-9-14-26(23,24)17-11-7-6-8-12-17/h6-8,11-12,15H,3-5,9-10,13-14H2,1-2H3. The van der Waals surface area contributed by atoms with Gasteiger partial charge in [0.15, 0.2) is 15.5 Å². The van der Waals surface area contributed by atoms with Crippen LogP contribution in [0.1, 0.15) is 49.3 Å². The molecule has 6 nitrogen and oxygen atoms in total. The maximum Gasteiger partial charge on any atom is 0.358 e. The first-order chi connectivity index (χ1) is 12.5. The number of benzene rings is 1. The van der Waals surface area contributed by atoms with Crippen molar-refractivity contribution in [3.8, 4) is 0 Å². The van der Waals surface area contributed by atoms with Gasteiger partial charge >= 0.3 is 5.97 Å². The lowest BCUT2D eigenvalue weighted by Gasteiger charge is -2.07. The highest BCUT2D eigenvalue weighted by Crippen LogP contribution is 2.15. The molecule has 0 atom stereocenters. The van der Waals surface area contributed by atoms with Gasteiger partial charge in [-0.05, 0) is 44.4 Å². The molecule has 0 bridgehead atoms. The number of carbonyl (C=O) groups is 1. The Bertz CT molecular complexity index is 813. The number of carbonyl (C=O) groups excluding carboxylic acids is 1. The highest BCUT2D eigenvalue weighted by molar-refractivity contribution is 7.91. The van der Waals surface area contributed by atoms with E-state index in [1.807, 2.05) is 0 Å². The number of aryl methyl sites for hydroxylation is 2. The second-order valence-electron chi connectivity index (χ2n) is 6.05. The fourth-order valence-corrected chi connectivity index (χ4v) is 3.98. The number of aromatic nitrogens is 2. The van der Waals surface area contributed by atoms with Gasteiger partial charge in [-0.1, -0.05) is 31.5 Å². The first-order valence-electron chi connectivity index (χ1n) is 8.99. The quantitative estimate of drug-likeness (QED) is 0.593. The van der Waals surface area contributed by atoms with Crippen molar-refractivity contribution in [2.45, 2.75) is 51.0 Å². The summed E-state index contributed by atoms with van der Waals surface area (Å²) in [7, 11) is -3.30. The molecule has 1 heterocycles. The Labute approximate surface area is 155 Å². The lowest BCUT2D eigenvalue weighted by molar-refractivity contribution is 0.0518. The molecule has 142 valence electrons. The van der Waals surface area contributed by atoms with Crippen molar-refractivity contribution < 1.29 is 17.9 Å². The number of sulfone groups is 1. The molecule has 0 aliphatic heterocycles. The van der Waals surface area contributed by atoms with Crippen molar-refractivity contribution in [3.05, 3.63) is 47.8 Å². The van der Waals surface area contributed by atoms with Gasteiger partial charge in [-0.25, -0.2) is 13.2 Å². The molecule has 0 N–H and O–H groups in total. The monoisotopic (exact) mass is 378 g/mol. The number of hydrogen-bond donors (Lipinski definition) is 0. The highest BCUT2D eigenvalue weighted by Gasteiger charge is 2.17. The van der Waals surface area contributed by atoms with Crippen LogP contribution in [0.2, 0.25) is 0 Å². The van der Waals surface area contributed by atoms with Crippen LogP contribution in [0, 0.1) is 0 Å². The number of unbranched alkanes of at least 4 members (excludes halogenated alkanes) is 1. The fourth-order valence-electron chi connectivity index (χ4n) is 2.65. The summed E-state index contributed by atoms with van der Waals surface area (Å²) in [5, 5.41) is 4.33. The molecule has 0 unspecified atom stereocenters. The minimum Gasteiger partial charge on any atom is -0.461 e. The molecule has 0 aliphatic carbocycles.